The molecule has 0 radical (unpaired) electrons. The molecule has 0 spiro atoms. The fourth-order valence-corrected chi connectivity index (χ4v) is 2.26. The maximum Gasteiger partial charge on any atom is 0.0485 e. The van der Waals surface area contributed by atoms with E-state index in [1.165, 1.54) is 22.1 Å². The average molecular weight is 284 g/mol. The molecule has 0 aromatic heterocycles. The van der Waals surface area contributed by atoms with E-state index in [2.05, 4.69) is 46.4 Å². The predicted molar refractivity (Wildman–Crippen MR) is 71.0 cm³/mol. The fourth-order valence-electron chi connectivity index (χ4n) is 2.02. The first-order valence-corrected chi connectivity index (χ1v) is 6.65. The van der Waals surface area contributed by atoms with Crippen LogP contribution in [0.2, 0.25) is 0 Å². The molecule has 1 aromatic carbocycles. The molecule has 0 bridgehead atoms. The molecule has 1 saturated heterocycles. The van der Waals surface area contributed by atoms with Crippen LogP contribution in [0.25, 0.3) is 0 Å². The van der Waals surface area contributed by atoms with Gasteiger partial charge < -0.3 is 10.1 Å². The van der Waals surface area contributed by atoms with Crippen molar-refractivity contribution in [3.63, 3.8) is 0 Å². The van der Waals surface area contributed by atoms with Crippen molar-refractivity contribution in [2.75, 3.05) is 18.5 Å². The van der Waals surface area contributed by atoms with Crippen LogP contribution in [0.15, 0.2) is 22.7 Å². The Balaban J connectivity index is 1.99. The van der Waals surface area contributed by atoms with E-state index in [9.17, 15) is 0 Å². The third-order valence-electron chi connectivity index (χ3n) is 2.98. The van der Waals surface area contributed by atoms with Gasteiger partial charge in [-0.2, -0.15) is 0 Å². The summed E-state index contributed by atoms with van der Waals surface area (Å²) in [4.78, 5) is 0. The summed E-state index contributed by atoms with van der Waals surface area (Å²) in [5.74, 6) is 0. The van der Waals surface area contributed by atoms with Gasteiger partial charge >= 0.3 is 0 Å². The van der Waals surface area contributed by atoms with Crippen molar-refractivity contribution in [2.24, 2.45) is 0 Å². The molecular weight excluding hydrogens is 266 g/mol. The number of anilines is 1. The van der Waals surface area contributed by atoms with Crippen LogP contribution in [-0.4, -0.2) is 19.3 Å². The Kier molecular flexibility index (Phi) is 4.24. The van der Waals surface area contributed by atoms with E-state index in [1.54, 1.807) is 0 Å². The maximum atomic E-state index is 5.46. The van der Waals surface area contributed by atoms with Crippen LogP contribution >= 0.6 is 15.9 Å². The van der Waals surface area contributed by atoms with Crippen molar-refractivity contribution in [3.8, 4) is 0 Å². The summed E-state index contributed by atoms with van der Waals surface area (Å²) >= 11 is 3.52. The molecule has 1 aliphatic rings. The molecule has 1 atom stereocenters. The molecule has 1 N–H and O–H groups in total. The molecule has 0 amide bonds. The highest BCUT2D eigenvalue weighted by Gasteiger charge is 2.12. The van der Waals surface area contributed by atoms with Crippen LogP contribution in [0.3, 0.4) is 0 Å². The molecule has 3 heteroatoms. The Bertz CT molecular complexity index is 346. The minimum atomic E-state index is 0.558. The quantitative estimate of drug-likeness (QED) is 0.893. The number of hydrogen-bond acceptors (Lipinski definition) is 2. The monoisotopic (exact) mass is 283 g/mol. The highest BCUT2D eigenvalue weighted by atomic mass is 79.9. The highest BCUT2D eigenvalue weighted by molar-refractivity contribution is 9.10. The van der Waals surface area contributed by atoms with Gasteiger partial charge in [0.2, 0.25) is 0 Å². The second-order valence-electron chi connectivity index (χ2n) is 4.35. The van der Waals surface area contributed by atoms with Gasteiger partial charge in [-0.3, -0.25) is 0 Å². The van der Waals surface area contributed by atoms with Crippen LogP contribution in [0.4, 0.5) is 5.69 Å². The van der Waals surface area contributed by atoms with Gasteiger partial charge in [0.15, 0.2) is 0 Å². The fraction of sp³-hybridized carbons (Fsp3) is 0.538. The molecule has 1 heterocycles. The van der Waals surface area contributed by atoms with Crippen molar-refractivity contribution in [3.05, 3.63) is 28.2 Å². The average Bonchev–Trinajstić information content (AvgIpc) is 2.52. The van der Waals surface area contributed by atoms with Crippen LogP contribution in [0.5, 0.6) is 0 Å². The number of aryl methyl sites for hydroxylation is 1. The summed E-state index contributed by atoms with van der Waals surface area (Å²) in [5, 5.41) is 3.59. The first kappa shape index (κ1) is 11.9. The Hall–Kier alpha value is -0.540. The van der Waals surface area contributed by atoms with Crippen molar-refractivity contribution >= 4 is 21.6 Å². The molecule has 2 rings (SSSR count). The van der Waals surface area contributed by atoms with Gasteiger partial charge in [-0.25, -0.2) is 0 Å². The summed E-state index contributed by atoms with van der Waals surface area (Å²) in [6, 6.07) is 6.98. The van der Waals surface area contributed by atoms with Gasteiger partial charge in [0.25, 0.3) is 0 Å². The Morgan fingerprint density at radius 3 is 3.00 bits per heavy atom. The molecule has 1 aliphatic heterocycles. The van der Waals surface area contributed by atoms with Crippen molar-refractivity contribution in [2.45, 2.75) is 32.2 Å². The predicted octanol–water partition coefficient (Wildman–Crippen LogP) is 3.74. The smallest absolute Gasteiger partial charge is 0.0485 e. The van der Waals surface area contributed by atoms with Crippen LogP contribution in [0.1, 0.15) is 24.8 Å². The van der Waals surface area contributed by atoms with Crippen LogP contribution in [0, 0.1) is 6.92 Å². The van der Waals surface area contributed by atoms with Gasteiger partial charge in [-0.05, 0) is 49.9 Å². The van der Waals surface area contributed by atoms with Crippen molar-refractivity contribution in [1.82, 2.24) is 0 Å². The van der Waals surface area contributed by atoms with Crippen molar-refractivity contribution < 1.29 is 4.74 Å². The first-order valence-electron chi connectivity index (χ1n) is 5.86. The van der Waals surface area contributed by atoms with E-state index >= 15 is 0 Å². The second kappa shape index (κ2) is 5.69. The van der Waals surface area contributed by atoms with Gasteiger partial charge in [0, 0.05) is 29.4 Å². The third-order valence-corrected chi connectivity index (χ3v) is 3.87. The molecule has 1 aromatic rings. The lowest BCUT2D eigenvalue weighted by Gasteiger charge is -2.17. The zero-order valence-electron chi connectivity index (χ0n) is 9.63. The summed E-state index contributed by atoms with van der Waals surface area (Å²) in [6.07, 6.45) is 3.47. The van der Waals surface area contributed by atoms with E-state index in [-0.39, 0.29) is 0 Å². The molecule has 88 valence electrons. The SMILES string of the molecule is Cc1cc(NC2CCCOCC2)ccc1Br. The zero-order valence-corrected chi connectivity index (χ0v) is 11.2. The first-order chi connectivity index (χ1) is 7.75. The van der Waals surface area contributed by atoms with Gasteiger partial charge in [0.05, 0.1) is 0 Å². The number of halogens is 1. The molecule has 1 unspecified atom stereocenters. The molecule has 16 heavy (non-hydrogen) atoms. The summed E-state index contributed by atoms with van der Waals surface area (Å²) in [6.45, 7) is 3.91. The topological polar surface area (TPSA) is 21.3 Å². The standard InChI is InChI=1S/C13H18BrNO/c1-10-9-12(4-5-13(10)14)15-11-3-2-7-16-8-6-11/h4-5,9,11,15H,2-3,6-8H2,1H3. The van der Waals surface area contributed by atoms with E-state index in [1.807, 2.05) is 0 Å². The molecule has 2 nitrogen and oxygen atoms in total. The molecule has 0 aliphatic carbocycles. The van der Waals surface area contributed by atoms with E-state index in [0.29, 0.717) is 6.04 Å². The molecular formula is C13H18BrNO. The van der Waals surface area contributed by atoms with Crippen LogP contribution < -0.4 is 5.32 Å². The number of hydrogen-bond donors (Lipinski definition) is 1. The van der Waals surface area contributed by atoms with Crippen LogP contribution in [-0.2, 0) is 4.74 Å². The Labute approximate surface area is 106 Å². The Morgan fingerprint density at radius 1 is 1.31 bits per heavy atom. The highest BCUT2D eigenvalue weighted by Crippen LogP contribution is 2.22. The number of nitrogens with one attached hydrogen (secondary N) is 1. The number of benzene rings is 1. The van der Waals surface area contributed by atoms with Crippen molar-refractivity contribution in [1.29, 1.82) is 0 Å². The minimum Gasteiger partial charge on any atom is -0.382 e. The zero-order chi connectivity index (χ0) is 11.4. The van der Waals surface area contributed by atoms with E-state index < -0.39 is 0 Å². The molecule has 0 saturated carbocycles. The number of ether oxygens (including phenoxy) is 1. The third kappa shape index (κ3) is 3.22. The lowest BCUT2D eigenvalue weighted by Crippen LogP contribution is -2.19. The van der Waals surface area contributed by atoms with E-state index in [0.717, 1.165) is 26.1 Å². The second-order valence-corrected chi connectivity index (χ2v) is 5.20. The van der Waals surface area contributed by atoms with Gasteiger partial charge in [0.1, 0.15) is 0 Å². The normalized spacial score (nSPS) is 21.5. The minimum absolute atomic E-state index is 0.558. The lowest BCUT2D eigenvalue weighted by atomic mass is 10.1. The Morgan fingerprint density at radius 2 is 2.19 bits per heavy atom. The summed E-state index contributed by atoms with van der Waals surface area (Å²) < 4.78 is 6.63. The van der Waals surface area contributed by atoms with Gasteiger partial charge in [-0.15, -0.1) is 0 Å². The molecule has 1 fully saturated rings. The lowest BCUT2D eigenvalue weighted by molar-refractivity contribution is 0.144. The summed E-state index contributed by atoms with van der Waals surface area (Å²) in [7, 11) is 0. The van der Waals surface area contributed by atoms with E-state index in [4.69, 9.17) is 4.74 Å². The largest absolute Gasteiger partial charge is 0.382 e. The number of rotatable bonds is 2. The summed E-state index contributed by atoms with van der Waals surface area (Å²) in [5.41, 5.74) is 2.49. The van der Waals surface area contributed by atoms with Gasteiger partial charge in [-0.1, -0.05) is 15.9 Å². The maximum absolute atomic E-state index is 5.46.